The first-order valence-corrected chi connectivity index (χ1v) is 7.61. The van der Waals surface area contributed by atoms with Crippen molar-refractivity contribution in [1.29, 1.82) is 0 Å². The molecule has 2 heterocycles. The summed E-state index contributed by atoms with van der Waals surface area (Å²) in [6.07, 6.45) is 10.6. The largest absolute Gasteiger partial charge is 0.495 e. The van der Waals surface area contributed by atoms with Gasteiger partial charge in [-0.15, -0.1) is 0 Å². The van der Waals surface area contributed by atoms with Crippen molar-refractivity contribution in [2.75, 3.05) is 13.7 Å². The Bertz CT molecular complexity index is 458. The van der Waals surface area contributed by atoms with Crippen LogP contribution in [0.1, 0.15) is 50.1 Å². The first-order valence-electron chi connectivity index (χ1n) is 7.61. The fourth-order valence-corrected chi connectivity index (χ4v) is 3.83. The van der Waals surface area contributed by atoms with Crippen LogP contribution in [0.3, 0.4) is 0 Å². The molecule has 4 heteroatoms. The highest BCUT2D eigenvalue weighted by Gasteiger charge is 2.41. The summed E-state index contributed by atoms with van der Waals surface area (Å²) in [6, 6.07) is 2.00. The molecule has 1 aromatic rings. The van der Waals surface area contributed by atoms with Crippen LogP contribution in [0.25, 0.3) is 0 Å². The standard InChI is InChI=1S/C16H24N2O2/c1-19-14-11-18-8-4-13(14)15(17)12-5-9-20-16(10-12)6-2-3-7-16/h4,8,11-12,15H,2-3,5-7,9-10,17H2,1H3. The van der Waals surface area contributed by atoms with Crippen molar-refractivity contribution < 1.29 is 9.47 Å². The zero-order valence-corrected chi connectivity index (χ0v) is 12.2. The molecule has 2 N–H and O–H groups in total. The molecule has 20 heavy (non-hydrogen) atoms. The zero-order valence-electron chi connectivity index (χ0n) is 12.2. The van der Waals surface area contributed by atoms with E-state index in [0.717, 1.165) is 30.8 Å². The molecule has 0 bridgehead atoms. The van der Waals surface area contributed by atoms with Gasteiger partial charge in [0.15, 0.2) is 0 Å². The van der Waals surface area contributed by atoms with Gasteiger partial charge in [0.2, 0.25) is 0 Å². The van der Waals surface area contributed by atoms with E-state index in [4.69, 9.17) is 15.2 Å². The van der Waals surface area contributed by atoms with E-state index in [9.17, 15) is 0 Å². The molecule has 2 atom stereocenters. The first kappa shape index (κ1) is 13.8. The third-order valence-corrected chi connectivity index (χ3v) is 4.95. The first-order chi connectivity index (χ1) is 9.74. The van der Waals surface area contributed by atoms with E-state index in [0.29, 0.717) is 5.92 Å². The highest BCUT2D eigenvalue weighted by molar-refractivity contribution is 5.33. The number of nitrogens with zero attached hydrogens (tertiary/aromatic N) is 1. The number of methoxy groups -OCH3 is 1. The quantitative estimate of drug-likeness (QED) is 0.922. The second kappa shape index (κ2) is 5.70. The van der Waals surface area contributed by atoms with Gasteiger partial charge in [0, 0.05) is 24.4 Å². The van der Waals surface area contributed by atoms with Crippen LogP contribution in [0, 0.1) is 5.92 Å². The van der Waals surface area contributed by atoms with Gasteiger partial charge in [0.1, 0.15) is 5.75 Å². The number of hydrogen-bond acceptors (Lipinski definition) is 4. The SMILES string of the molecule is COc1cnccc1C(N)C1CCOC2(CCCC2)C1. The van der Waals surface area contributed by atoms with E-state index in [2.05, 4.69) is 4.98 Å². The van der Waals surface area contributed by atoms with Gasteiger partial charge in [-0.05, 0) is 37.7 Å². The molecular weight excluding hydrogens is 252 g/mol. The summed E-state index contributed by atoms with van der Waals surface area (Å²) < 4.78 is 11.5. The van der Waals surface area contributed by atoms with Crippen LogP contribution < -0.4 is 10.5 Å². The maximum absolute atomic E-state index is 6.53. The van der Waals surface area contributed by atoms with Crippen molar-refractivity contribution in [3.63, 3.8) is 0 Å². The number of hydrogen-bond donors (Lipinski definition) is 1. The lowest BCUT2D eigenvalue weighted by Crippen LogP contribution is -2.40. The van der Waals surface area contributed by atoms with Gasteiger partial charge in [-0.2, -0.15) is 0 Å². The average Bonchev–Trinajstić information content (AvgIpc) is 2.94. The molecule has 0 radical (unpaired) electrons. The maximum Gasteiger partial charge on any atom is 0.141 e. The topological polar surface area (TPSA) is 57.4 Å². The third kappa shape index (κ3) is 2.54. The van der Waals surface area contributed by atoms with Crippen LogP contribution in [-0.4, -0.2) is 24.3 Å². The van der Waals surface area contributed by atoms with Crippen molar-refractivity contribution in [1.82, 2.24) is 4.98 Å². The van der Waals surface area contributed by atoms with Crippen molar-refractivity contribution in [2.24, 2.45) is 11.7 Å². The number of nitrogens with two attached hydrogens (primary N) is 1. The Morgan fingerprint density at radius 3 is 3.00 bits per heavy atom. The monoisotopic (exact) mass is 276 g/mol. The summed E-state index contributed by atoms with van der Waals surface area (Å²) in [6.45, 7) is 0.839. The smallest absolute Gasteiger partial charge is 0.141 e. The second-order valence-corrected chi connectivity index (χ2v) is 6.13. The molecule has 0 aromatic carbocycles. The van der Waals surface area contributed by atoms with Gasteiger partial charge < -0.3 is 15.2 Å². The number of aromatic nitrogens is 1. The lowest BCUT2D eigenvalue weighted by molar-refractivity contribution is -0.0964. The summed E-state index contributed by atoms with van der Waals surface area (Å²) in [7, 11) is 1.68. The maximum atomic E-state index is 6.53. The van der Waals surface area contributed by atoms with Gasteiger partial charge in [0.05, 0.1) is 18.9 Å². The molecule has 1 aliphatic carbocycles. The molecular formula is C16H24N2O2. The molecule has 1 saturated heterocycles. The molecule has 2 aliphatic rings. The number of ether oxygens (including phenoxy) is 2. The molecule has 1 spiro atoms. The Morgan fingerprint density at radius 2 is 2.25 bits per heavy atom. The third-order valence-electron chi connectivity index (χ3n) is 4.95. The molecule has 3 rings (SSSR count). The van der Waals surface area contributed by atoms with Crippen LogP contribution in [0.4, 0.5) is 0 Å². The summed E-state index contributed by atoms with van der Waals surface area (Å²) in [4.78, 5) is 4.11. The fourth-order valence-electron chi connectivity index (χ4n) is 3.83. The Kier molecular flexibility index (Phi) is 3.94. The van der Waals surface area contributed by atoms with Crippen LogP contribution in [0.5, 0.6) is 5.75 Å². The van der Waals surface area contributed by atoms with Crippen LogP contribution in [0.15, 0.2) is 18.5 Å². The summed E-state index contributed by atoms with van der Waals surface area (Å²) >= 11 is 0. The number of rotatable bonds is 3. The van der Waals surface area contributed by atoms with E-state index >= 15 is 0 Å². The predicted octanol–water partition coefficient (Wildman–Crippen LogP) is 2.83. The molecule has 2 fully saturated rings. The summed E-state index contributed by atoms with van der Waals surface area (Å²) in [5.74, 6) is 1.27. The van der Waals surface area contributed by atoms with Gasteiger partial charge in [-0.3, -0.25) is 4.98 Å². The van der Waals surface area contributed by atoms with Crippen LogP contribution in [0.2, 0.25) is 0 Å². The molecule has 4 nitrogen and oxygen atoms in total. The highest BCUT2D eigenvalue weighted by atomic mass is 16.5. The van der Waals surface area contributed by atoms with Crippen LogP contribution >= 0.6 is 0 Å². The van der Waals surface area contributed by atoms with Gasteiger partial charge in [-0.1, -0.05) is 12.8 Å². The molecule has 110 valence electrons. The van der Waals surface area contributed by atoms with E-state index in [1.54, 1.807) is 19.5 Å². The Morgan fingerprint density at radius 1 is 1.45 bits per heavy atom. The average molecular weight is 276 g/mol. The molecule has 1 aliphatic heterocycles. The van der Waals surface area contributed by atoms with Gasteiger partial charge in [0.25, 0.3) is 0 Å². The lowest BCUT2D eigenvalue weighted by Gasteiger charge is -2.40. The fraction of sp³-hybridized carbons (Fsp3) is 0.688. The van der Waals surface area contributed by atoms with Crippen molar-refractivity contribution in [2.45, 2.75) is 50.2 Å². The molecule has 2 unspecified atom stereocenters. The normalized spacial score (nSPS) is 26.6. The van der Waals surface area contributed by atoms with Crippen LogP contribution in [-0.2, 0) is 4.74 Å². The van der Waals surface area contributed by atoms with Crippen molar-refractivity contribution >= 4 is 0 Å². The van der Waals surface area contributed by atoms with Gasteiger partial charge in [-0.25, -0.2) is 0 Å². The zero-order chi connectivity index (χ0) is 14.0. The van der Waals surface area contributed by atoms with Crippen molar-refractivity contribution in [3.8, 4) is 5.75 Å². The minimum atomic E-state index is 0.00863. The molecule has 1 saturated carbocycles. The second-order valence-electron chi connectivity index (χ2n) is 6.13. The predicted molar refractivity (Wildman–Crippen MR) is 77.6 cm³/mol. The summed E-state index contributed by atoms with van der Waals surface area (Å²) in [5, 5.41) is 0. The van der Waals surface area contributed by atoms with Gasteiger partial charge >= 0.3 is 0 Å². The molecule has 0 amide bonds. The lowest BCUT2D eigenvalue weighted by atomic mass is 9.79. The van der Waals surface area contributed by atoms with E-state index in [1.165, 1.54) is 25.7 Å². The highest BCUT2D eigenvalue weighted by Crippen LogP contribution is 2.45. The minimum Gasteiger partial charge on any atom is -0.495 e. The minimum absolute atomic E-state index is 0.00863. The number of pyridine rings is 1. The van der Waals surface area contributed by atoms with E-state index < -0.39 is 0 Å². The molecule has 1 aromatic heterocycles. The Hall–Kier alpha value is -1.13. The van der Waals surface area contributed by atoms with E-state index in [1.807, 2.05) is 6.07 Å². The Labute approximate surface area is 120 Å². The summed E-state index contributed by atoms with van der Waals surface area (Å²) in [5.41, 5.74) is 7.72. The van der Waals surface area contributed by atoms with E-state index in [-0.39, 0.29) is 11.6 Å². The van der Waals surface area contributed by atoms with Crippen molar-refractivity contribution in [3.05, 3.63) is 24.0 Å². The Balaban J connectivity index is 1.77.